The molecule has 1 amide bonds. The quantitative estimate of drug-likeness (QED) is 0.501. The third kappa shape index (κ3) is 2.15. The van der Waals surface area contributed by atoms with E-state index < -0.39 is 24.1 Å². The fourth-order valence-corrected chi connectivity index (χ4v) is 1.65. The van der Waals surface area contributed by atoms with Crippen molar-refractivity contribution in [3.05, 3.63) is 0 Å². The van der Waals surface area contributed by atoms with Crippen LogP contribution in [0.4, 0.5) is 4.39 Å². The van der Waals surface area contributed by atoms with Gasteiger partial charge in [0.1, 0.15) is 18.1 Å². The molecule has 80 valence electrons. The minimum Gasteiger partial charge on any atom is -0.467 e. The number of ether oxygens (including phenoxy) is 1. The van der Waals surface area contributed by atoms with Crippen molar-refractivity contribution in [2.24, 2.45) is 0 Å². The summed E-state index contributed by atoms with van der Waals surface area (Å²) in [5, 5.41) is 0. The molecule has 0 aromatic rings. The lowest BCUT2D eigenvalue weighted by Crippen LogP contribution is -2.41. The van der Waals surface area contributed by atoms with Gasteiger partial charge in [0, 0.05) is 6.42 Å². The fraction of sp³-hybridized carbons (Fsp3) is 0.750. The van der Waals surface area contributed by atoms with Gasteiger partial charge in [-0.05, 0) is 0 Å². The predicted molar refractivity (Wildman–Crippen MR) is 47.8 cm³/mol. The third-order valence-electron chi connectivity index (χ3n) is 2.16. The molecule has 14 heavy (non-hydrogen) atoms. The second-order valence-electron chi connectivity index (χ2n) is 3.05. The van der Waals surface area contributed by atoms with Crippen molar-refractivity contribution in [1.82, 2.24) is 4.90 Å². The molecular formula is C8H11ClFNO3. The summed E-state index contributed by atoms with van der Waals surface area (Å²) in [5.74, 6) is -1.29. The molecule has 1 aliphatic rings. The van der Waals surface area contributed by atoms with E-state index in [1.165, 1.54) is 7.11 Å². The lowest BCUT2D eigenvalue weighted by atomic mass is 10.2. The SMILES string of the molecule is COC(=O)[C@H]1C[C@@H](F)CN1C(=O)CCl. The Morgan fingerprint density at radius 3 is 2.79 bits per heavy atom. The maximum atomic E-state index is 13.0. The largest absolute Gasteiger partial charge is 0.467 e. The van der Waals surface area contributed by atoms with Crippen molar-refractivity contribution in [3.8, 4) is 0 Å². The van der Waals surface area contributed by atoms with E-state index in [1.54, 1.807) is 0 Å². The number of carbonyl (C=O) groups excluding carboxylic acids is 2. The zero-order valence-corrected chi connectivity index (χ0v) is 8.46. The van der Waals surface area contributed by atoms with Gasteiger partial charge in [0.15, 0.2) is 0 Å². The van der Waals surface area contributed by atoms with Crippen molar-refractivity contribution in [1.29, 1.82) is 0 Å². The molecule has 2 atom stereocenters. The minimum atomic E-state index is -1.17. The van der Waals surface area contributed by atoms with Crippen LogP contribution in [0.15, 0.2) is 0 Å². The Morgan fingerprint density at radius 1 is 1.64 bits per heavy atom. The number of alkyl halides is 2. The number of carbonyl (C=O) groups is 2. The molecule has 4 nitrogen and oxygen atoms in total. The van der Waals surface area contributed by atoms with Crippen LogP contribution in [-0.4, -0.2) is 48.5 Å². The molecule has 0 aliphatic carbocycles. The third-order valence-corrected chi connectivity index (χ3v) is 2.39. The summed E-state index contributed by atoms with van der Waals surface area (Å²) in [4.78, 5) is 23.5. The van der Waals surface area contributed by atoms with E-state index in [-0.39, 0.29) is 18.8 Å². The molecule has 0 bridgehead atoms. The highest BCUT2D eigenvalue weighted by Crippen LogP contribution is 2.21. The molecule has 0 unspecified atom stereocenters. The van der Waals surface area contributed by atoms with E-state index in [4.69, 9.17) is 11.6 Å². The van der Waals surface area contributed by atoms with Gasteiger partial charge in [-0.15, -0.1) is 11.6 Å². The van der Waals surface area contributed by atoms with E-state index in [0.29, 0.717) is 0 Å². The molecule has 0 spiro atoms. The van der Waals surface area contributed by atoms with Crippen LogP contribution in [0, 0.1) is 0 Å². The zero-order chi connectivity index (χ0) is 10.7. The lowest BCUT2D eigenvalue weighted by molar-refractivity contribution is -0.150. The summed E-state index contributed by atoms with van der Waals surface area (Å²) in [5.41, 5.74) is 0. The van der Waals surface area contributed by atoms with Gasteiger partial charge in [-0.2, -0.15) is 0 Å². The van der Waals surface area contributed by atoms with Gasteiger partial charge in [0.25, 0.3) is 0 Å². The van der Waals surface area contributed by atoms with Gasteiger partial charge in [0.05, 0.1) is 13.7 Å². The predicted octanol–water partition coefficient (Wildman–Crippen LogP) is 0.337. The molecule has 6 heteroatoms. The van der Waals surface area contributed by atoms with Gasteiger partial charge >= 0.3 is 5.97 Å². The van der Waals surface area contributed by atoms with Gasteiger partial charge in [-0.25, -0.2) is 9.18 Å². The Labute approximate surface area is 86.0 Å². The zero-order valence-electron chi connectivity index (χ0n) is 7.70. The molecule has 1 heterocycles. The molecule has 1 saturated heterocycles. The van der Waals surface area contributed by atoms with Crippen molar-refractivity contribution >= 4 is 23.5 Å². The Morgan fingerprint density at radius 2 is 2.29 bits per heavy atom. The van der Waals surface area contributed by atoms with Crippen molar-refractivity contribution in [2.45, 2.75) is 18.6 Å². The maximum absolute atomic E-state index is 13.0. The number of halogens is 2. The number of esters is 1. The highest BCUT2D eigenvalue weighted by molar-refractivity contribution is 6.27. The first-order valence-electron chi connectivity index (χ1n) is 4.17. The molecule has 1 fully saturated rings. The van der Waals surface area contributed by atoms with Gasteiger partial charge < -0.3 is 9.64 Å². The second kappa shape index (κ2) is 4.59. The van der Waals surface area contributed by atoms with E-state index in [2.05, 4.69) is 4.74 Å². The summed E-state index contributed by atoms with van der Waals surface area (Å²) < 4.78 is 17.4. The van der Waals surface area contributed by atoms with Crippen molar-refractivity contribution in [2.75, 3.05) is 19.5 Å². The number of rotatable bonds is 2. The minimum absolute atomic E-state index is 0.00466. The second-order valence-corrected chi connectivity index (χ2v) is 3.32. The summed E-state index contributed by atoms with van der Waals surface area (Å²) in [6.07, 6.45) is -1.18. The molecule has 0 N–H and O–H groups in total. The molecule has 0 saturated carbocycles. The van der Waals surface area contributed by atoms with Crippen LogP contribution in [0.2, 0.25) is 0 Å². The Kier molecular flexibility index (Phi) is 3.69. The Balaban J connectivity index is 2.72. The summed E-state index contributed by atoms with van der Waals surface area (Å²) >= 11 is 5.33. The fourth-order valence-electron chi connectivity index (χ4n) is 1.50. The Hall–Kier alpha value is -0.840. The highest BCUT2D eigenvalue weighted by Gasteiger charge is 2.39. The first-order valence-corrected chi connectivity index (χ1v) is 4.71. The smallest absolute Gasteiger partial charge is 0.328 e. The number of methoxy groups -OCH3 is 1. The van der Waals surface area contributed by atoms with Crippen LogP contribution in [0.3, 0.4) is 0 Å². The average Bonchev–Trinajstić information content (AvgIpc) is 2.58. The van der Waals surface area contributed by atoms with Gasteiger partial charge in [-0.3, -0.25) is 4.79 Å². The first-order chi connectivity index (χ1) is 6.60. The molecule has 0 aromatic heterocycles. The van der Waals surface area contributed by atoms with Crippen LogP contribution in [-0.2, 0) is 14.3 Å². The van der Waals surface area contributed by atoms with Crippen molar-refractivity contribution in [3.63, 3.8) is 0 Å². The molecule has 1 rings (SSSR count). The van der Waals surface area contributed by atoms with Crippen LogP contribution >= 0.6 is 11.6 Å². The molecule has 0 radical (unpaired) electrons. The van der Waals surface area contributed by atoms with Crippen LogP contribution in [0.1, 0.15) is 6.42 Å². The summed E-state index contributed by atoms with van der Waals surface area (Å²) in [6.45, 7) is -0.0781. The van der Waals surface area contributed by atoms with Gasteiger partial charge in [-0.1, -0.05) is 0 Å². The van der Waals surface area contributed by atoms with Crippen LogP contribution in [0.25, 0.3) is 0 Å². The van der Waals surface area contributed by atoms with E-state index in [9.17, 15) is 14.0 Å². The lowest BCUT2D eigenvalue weighted by Gasteiger charge is -2.20. The highest BCUT2D eigenvalue weighted by atomic mass is 35.5. The standard InChI is InChI=1S/C8H11ClFNO3/c1-14-8(13)6-2-5(10)4-11(6)7(12)3-9/h5-6H,2-4H2,1H3/t5-,6-/m1/s1. The number of nitrogens with zero attached hydrogens (tertiary/aromatic N) is 1. The molecule has 0 aromatic carbocycles. The molecule has 1 aliphatic heterocycles. The average molecular weight is 224 g/mol. The summed E-state index contributed by atoms with van der Waals surface area (Å²) in [7, 11) is 1.21. The van der Waals surface area contributed by atoms with E-state index in [1.807, 2.05) is 0 Å². The first kappa shape index (κ1) is 11.2. The number of amides is 1. The number of hydrogen-bond donors (Lipinski definition) is 0. The topological polar surface area (TPSA) is 46.6 Å². The van der Waals surface area contributed by atoms with Crippen LogP contribution in [0.5, 0.6) is 0 Å². The Bertz CT molecular complexity index is 225. The van der Waals surface area contributed by atoms with E-state index in [0.717, 1.165) is 4.90 Å². The monoisotopic (exact) mass is 223 g/mol. The van der Waals surface area contributed by atoms with Crippen LogP contribution < -0.4 is 0 Å². The van der Waals surface area contributed by atoms with E-state index >= 15 is 0 Å². The summed E-state index contributed by atoms with van der Waals surface area (Å²) in [6, 6.07) is -0.818. The normalized spacial score (nSPS) is 26.4. The van der Waals surface area contributed by atoms with Gasteiger partial charge in [0.2, 0.25) is 5.91 Å². The number of likely N-dealkylation sites (tertiary alicyclic amines) is 1. The van der Waals surface area contributed by atoms with Crippen molar-refractivity contribution < 1.29 is 18.7 Å². The molecular weight excluding hydrogens is 213 g/mol. The maximum Gasteiger partial charge on any atom is 0.328 e. The number of hydrogen-bond acceptors (Lipinski definition) is 3.